The van der Waals surface area contributed by atoms with Crippen LogP contribution in [0.5, 0.6) is 0 Å². The predicted octanol–water partition coefficient (Wildman–Crippen LogP) is 1.59. The number of piperazine rings is 1. The highest BCUT2D eigenvalue weighted by molar-refractivity contribution is 6.31. The molecule has 0 spiro atoms. The molecule has 1 fully saturated rings. The molecule has 0 aromatic heterocycles. The maximum absolute atomic E-state index is 13.1. The van der Waals surface area contributed by atoms with Crippen molar-refractivity contribution in [3.8, 4) is 0 Å². The van der Waals surface area contributed by atoms with E-state index in [2.05, 4.69) is 9.80 Å². The monoisotopic (exact) mass is 258 g/mol. The van der Waals surface area contributed by atoms with Gasteiger partial charge in [-0.3, -0.25) is 0 Å². The Labute approximate surface area is 105 Å². The maximum atomic E-state index is 13.1. The van der Waals surface area contributed by atoms with E-state index >= 15 is 0 Å². The molecule has 94 valence electrons. The summed E-state index contributed by atoms with van der Waals surface area (Å²) in [6.07, 6.45) is 0. The molecule has 1 aliphatic heterocycles. The van der Waals surface area contributed by atoms with E-state index in [0.717, 1.165) is 25.3 Å². The number of hydrogen-bond acceptors (Lipinski definition) is 3. The van der Waals surface area contributed by atoms with E-state index in [9.17, 15) is 9.50 Å². The van der Waals surface area contributed by atoms with Crippen LogP contribution in [0.3, 0.4) is 0 Å². The van der Waals surface area contributed by atoms with E-state index < -0.39 is 5.82 Å². The smallest absolute Gasteiger partial charge is 0.141 e. The third-order valence-corrected chi connectivity index (χ3v) is 3.42. The highest BCUT2D eigenvalue weighted by Crippen LogP contribution is 2.25. The molecule has 17 heavy (non-hydrogen) atoms. The summed E-state index contributed by atoms with van der Waals surface area (Å²) in [5, 5.41) is 9.51. The van der Waals surface area contributed by atoms with Crippen LogP contribution in [-0.2, 0) is 0 Å². The van der Waals surface area contributed by atoms with Crippen molar-refractivity contribution in [2.75, 3.05) is 38.2 Å². The third kappa shape index (κ3) is 2.70. The molecule has 5 heteroatoms. The maximum Gasteiger partial charge on any atom is 0.141 e. The van der Waals surface area contributed by atoms with Crippen molar-refractivity contribution in [3.63, 3.8) is 0 Å². The number of hydrogen-bond donors (Lipinski definition) is 1. The van der Waals surface area contributed by atoms with Gasteiger partial charge in [0.25, 0.3) is 0 Å². The van der Waals surface area contributed by atoms with Gasteiger partial charge in [-0.1, -0.05) is 11.6 Å². The first-order valence-corrected chi connectivity index (χ1v) is 6.00. The summed E-state index contributed by atoms with van der Waals surface area (Å²) in [5.74, 6) is -0.412. The Hall–Kier alpha value is -0.840. The quantitative estimate of drug-likeness (QED) is 0.873. The van der Waals surface area contributed by atoms with Crippen LogP contribution in [0, 0.1) is 5.82 Å². The zero-order valence-electron chi connectivity index (χ0n) is 9.74. The number of halogens is 2. The molecule has 0 bridgehead atoms. The molecule has 1 atom stereocenters. The lowest BCUT2D eigenvalue weighted by Gasteiger charge is -2.40. The minimum absolute atomic E-state index is 0.0373. The molecule has 0 radical (unpaired) electrons. The fourth-order valence-corrected chi connectivity index (χ4v) is 2.35. The predicted molar refractivity (Wildman–Crippen MR) is 67.1 cm³/mol. The first kappa shape index (κ1) is 12.6. The van der Waals surface area contributed by atoms with E-state index in [1.165, 1.54) is 6.07 Å². The van der Waals surface area contributed by atoms with Crippen LogP contribution in [0.15, 0.2) is 18.2 Å². The Morgan fingerprint density at radius 2 is 2.24 bits per heavy atom. The van der Waals surface area contributed by atoms with Gasteiger partial charge in [0.15, 0.2) is 0 Å². The summed E-state index contributed by atoms with van der Waals surface area (Å²) < 4.78 is 13.1. The fraction of sp³-hybridized carbons (Fsp3) is 0.500. The van der Waals surface area contributed by atoms with Crippen molar-refractivity contribution < 1.29 is 9.50 Å². The van der Waals surface area contributed by atoms with Gasteiger partial charge in [-0.15, -0.1) is 0 Å². The summed E-state index contributed by atoms with van der Waals surface area (Å²) in [7, 11) is 2.03. The topological polar surface area (TPSA) is 26.7 Å². The minimum atomic E-state index is -0.412. The Bertz CT molecular complexity index is 402. The lowest BCUT2D eigenvalue weighted by atomic mass is 10.1. The second-order valence-electron chi connectivity index (χ2n) is 4.39. The first-order chi connectivity index (χ1) is 8.11. The number of benzene rings is 1. The molecule has 0 aliphatic carbocycles. The molecule has 1 heterocycles. The molecular formula is C12H16ClFN2O. The second kappa shape index (κ2) is 5.21. The zero-order valence-corrected chi connectivity index (χ0v) is 10.5. The van der Waals surface area contributed by atoms with Crippen molar-refractivity contribution in [1.29, 1.82) is 0 Å². The molecule has 3 nitrogen and oxygen atoms in total. The Balaban J connectivity index is 2.22. The molecule has 0 saturated carbocycles. The summed E-state index contributed by atoms with van der Waals surface area (Å²) >= 11 is 5.78. The Morgan fingerprint density at radius 1 is 1.47 bits per heavy atom. The molecule has 1 unspecified atom stereocenters. The average Bonchev–Trinajstić information content (AvgIpc) is 2.32. The Morgan fingerprint density at radius 3 is 2.88 bits per heavy atom. The largest absolute Gasteiger partial charge is 0.394 e. The number of anilines is 1. The van der Waals surface area contributed by atoms with Crippen molar-refractivity contribution in [2.24, 2.45) is 0 Å². The number of aliphatic hydroxyl groups is 1. The van der Waals surface area contributed by atoms with Crippen molar-refractivity contribution in [1.82, 2.24) is 4.90 Å². The minimum Gasteiger partial charge on any atom is -0.394 e. The summed E-state index contributed by atoms with van der Waals surface area (Å²) in [6.45, 7) is 2.61. The van der Waals surface area contributed by atoms with Gasteiger partial charge in [-0.25, -0.2) is 4.39 Å². The van der Waals surface area contributed by atoms with E-state index in [0.29, 0.717) is 0 Å². The van der Waals surface area contributed by atoms with Gasteiger partial charge in [0, 0.05) is 25.3 Å². The van der Waals surface area contributed by atoms with E-state index in [1.54, 1.807) is 12.1 Å². The normalized spacial score (nSPS) is 21.9. The molecule has 0 amide bonds. The summed E-state index contributed by atoms with van der Waals surface area (Å²) in [6, 6.07) is 4.72. The highest BCUT2D eigenvalue weighted by Gasteiger charge is 2.25. The van der Waals surface area contributed by atoms with Gasteiger partial charge in [-0.2, -0.15) is 0 Å². The van der Waals surface area contributed by atoms with Crippen LogP contribution in [0.25, 0.3) is 0 Å². The number of likely N-dealkylation sites (N-methyl/N-ethyl adjacent to an activating group) is 1. The SMILES string of the molecule is CN1CCN(c2ccc(F)c(Cl)c2)C(CO)C1. The molecule has 2 rings (SSSR count). The van der Waals surface area contributed by atoms with Crippen LogP contribution in [0.2, 0.25) is 5.02 Å². The lowest BCUT2D eigenvalue weighted by molar-refractivity contribution is 0.191. The number of aliphatic hydroxyl groups excluding tert-OH is 1. The van der Waals surface area contributed by atoms with Gasteiger partial charge in [0.1, 0.15) is 5.82 Å². The molecular weight excluding hydrogens is 243 g/mol. The standard InChI is InChI=1S/C12H16ClFN2O/c1-15-4-5-16(10(7-15)8-17)9-2-3-12(14)11(13)6-9/h2-3,6,10,17H,4-5,7-8H2,1H3. The van der Waals surface area contributed by atoms with Crippen molar-refractivity contribution >= 4 is 17.3 Å². The van der Waals surface area contributed by atoms with Crippen molar-refractivity contribution in [2.45, 2.75) is 6.04 Å². The van der Waals surface area contributed by atoms with Crippen LogP contribution in [0.4, 0.5) is 10.1 Å². The van der Waals surface area contributed by atoms with Crippen LogP contribution in [-0.4, -0.2) is 49.3 Å². The molecule has 1 aromatic rings. The lowest BCUT2D eigenvalue weighted by Crippen LogP contribution is -2.53. The van der Waals surface area contributed by atoms with Crippen LogP contribution < -0.4 is 4.90 Å². The van der Waals surface area contributed by atoms with Gasteiger partial charge in [-0.05, 0) is 25.2 Å². The van der Waals surface area contributed by atoms with Crippen LogP contribution >= 0.6 is 11.6 Å². The zero-order chi connectivity index (χ0) is 12.4. The van der Waals surface area contributed by atoms with Gasteiger partial charge in [0.05, 0.1) is 17.7 Å². The average molecular weight is 259 g/mol. The first-order valence-electron chi connectivity index (χ1n) is 5.63. The molecule has 1 aliphatic rings. The molecule has 1 N–H and O–H groups in total. The second-order valence-corrected chi connectivity index (χ2v) is 4.80. The van der Waals surface area contributed by atoms with E-state index in [4.69, 9.17) is 11.6 Å². The van der Waals surface area contributed by atoms with E-state index in [1.807, 2.05) is 7.05 Å². The summed E-state index contributed by atoms with van der Waals surface area (Å²) in [5.41, 5.74) is 0.864. The Kier molecular flexibility index (Phi) is 3.86. The third-order valence-electron chi connectivity index (χ3n) is 3.13. The van der Waals surface area contributed by atoms with E-state index in [-0.39, 0.29) is 17.7 Å². The highest BCUT2D eigenvalue weighted by atomic mass is 35.5. The van der Waals surface area contributed by atoms with Gasteiger partial charge >= 0.3 is 0 Å². The van der Waals surface area contributed by atoms with Gasteiger partial charge in [0.2, 0.25) is 0 Å². The number of nitrogens with zero attached hydrogens (tertiary/aromatic N) is 2. The van der Waals surface area contributed by atoms with Crippen LogP contribution in [0.1, 0.15) is 0 Å². The van der Waals surface area contributed by atoms with Gasteiger partial charge < -0.3 is 14.9 Å². The molecule has 1 saturated heterocycles. The fourth-order valence-electron chi connectivity index (χ4n) is 2.17. The number of rotatable bonds is 2. The molecule has 1 aromatic carbocycles. The van der Waals surface area contributed by atoms with Crippen molar-refractivity contribution in [3.05, 3.63) is 29.0 Å². The summed E-state index contributed by atoms with van der Waals surface area (Å²) in [4.78, 5) is 4.24.